The molecule has 0 aliphatic carbocycles. The van der Waals surface area contributed by atoms with Gasteiger partial charge in [0.25, 0.3) is 0 Å². The molecule has 0 saturated carbocycles. The van der Waals surface area contributed by atoms with Crippen molar-refractivity contribution in [3.63, 3.8) is 0 Å². The van der Waals surface area contributed by atoms with E-state index in [-0.39, 0.29) is 5.41 Å². The Bertz CT molecular complexity index is 778. The summed E-state index contributed by atoms with van der Waals surface area (Å²) in [5.74, 6) is 1.07. The Kier molecular flexibility index (Phi) is 7.85. The third-order valence-corrected chi connectivity index (χ3v) is 5.73. The molecule has 0 saturated heterocycles. The van der Waals surface area contributed by atoms with Crippen LogP contribution in [0, 0.1) is 10.8 Å². The summed E-state index contributed by atoms with van der Waals surface area (Å²) in [6.45, 7) is 16.0. The fourth-order valence-electron chi connectivity index (χ4n) is 3.73. The molecule has 0 bridgehead atoms. The quantitative estimate of drug-likeness (QED) is 0.422. The average Bonchev–Trinajstić information content (AvgIpc) is 2.69. The number of hydrogen-bond donors (Lipinski definition) is 0. The molecule has 3 aromatic rings. The van der Waals surface area contributed by atoms with Crippen LogP contribution in [-0.2, 0) is 0 Å². The Balaban J connectivity index is 0.000000221. The zero-order valence-electron chi connectivity index (χ0n) is 19.3. The van der Waals surface area contributed by atoms with Gasteiger partial charge in [0.1, 0.15) is 0 Å². The summed E-state index contributed by atoms with van der Waals surface area (Å²) in [6, 6.07) is 32.2. The molecule has 0 heterocycles. The van der Waals surface area contributed by atoms with Crippen LogP contribution in [0.5, 0.6) is 0 Å². The molecule has 0 amide bonds. The van der Waals surface area contributed by atoms with Crippen molar-refractivity contribution in [3.8, 4) is 0 Å². The van der Waals surface area contributed by atoms with Crippen molar-refractivity contribution in [2.75, 3.05) is 0 Å². The maximum Gasteiger partial charge on any atom is 0.0138 e. The summed E-state index contributed by atoms with van der Waals surface area (Å²) in [6.07, 6.45) is 0. The SMILES string of the molecule is CC(C)(C)C(c1ccccc1)c1ccccc1.CC(c1ccccc1)C(C)(C)C. The molecular weight excluding hydrogens is 348 g/mol. The monoisotopic (exact) mass is 386 g/mol. The van der Waals surface area contributed by atoms with Crippen LogP contribution in [0.25, 0.3) is 0 Å². The Morgan fingerprint density at radius 2 is 0.759 bits per heavy atom. The van der Waals surface area contributed by atoms with E-state index in [1.54, 1.807) is 0 Å². The standard InChI is InChI=1S/C17H20.C12H18/c1-17(2,3)16(14-10-6-4-7-11-14)15-12-8-5-9-13-15;1-10(12(2,3)4)11-8-6-5-7-9-11/h4-13,16H,1-3H3;5-10H,1-4H3. The van der Waals surface area contributed by atoms with Crippen LogP contribution < -0.4 is 0 Å². The van der Waals surface area contributed by atoms with Crippen molar-refractivity contribution < 1.29 is 0 Å². The minimum absolute atomic E-state index is 0.225. The Morgan fingerprint density at radius 1 is 0.448 bits per heavy atom. The van der Waals surface area contributed by atoms with Crippen molar-refractivity contribution in [2.45, 2.75) is 60.3 Å². The van der Waals surface area contributed by atoms with E-state index in [9.17, 15) is 0 Å². The lowest BCUT2D eigenvalue weighted by Gasteiger charge is -2.31. The van der Waals surface area contributed by atoms with Gasteiger partial charge >= 0.3 is 0 Å². The second-order valence-electron chi connectivity index (χ2n) is 10.1. The molecule has 0 fully saturated rings. The van der Waals surface area contributed by atoms with Gasteiger partial charge in [0.2, 0.25) is 0 Å². The van der Waals surface area contributed by atoms with E-state index in [1.165, 1.54) is 16.7 Å². The summed E-state index contributed by atoms with van der Waals surface area (Å²) in [5, 5.41) is 0. The molecule has 1 atom stereocenters. The van der Waals surface area contributed by atoms with Crippen LogP contribution in [-0.4, -0.2) is 0 Å². The molecule has 0 aliphatic heterocycles. The minimum atomic E-state index is 0.225. The summed E-state index contributed by atoms with van der Waals surface area (Å²) in [5.41, 5.74) is 4.81. The van der Waals surface area contributed by atoms with Gasteiger partial charge in [0, 0.05) is 5.92 Å². The fraction of sp³-hybridized carbons (Fsp3) is 0.379. The maximum atomic E-state index is 2.30. The van der Waals surface area contributed by atoms with Gasteiger partial charge in [-0.15, -0.1) is 0 Å². The van der Waals surface area contributed by atoms with Gasteiger partial charge in [-0.25, -0.2) is 0 Å². The van der Waals surface area contributed by atoms with E-state index in [0.717, 1.165) is 0 Å². The predicted molar refractivity (Wildman–Crippen MR) is 128 cm³/mol. The lowest BCUT2D eigenvalue weighted by molar-refractivity contribution is 0.339. The molecule has 0 N–H and O–H groups in total. The predicted octanol–water partition coefficient (Wildman–Crippen LogP) is 8.70. The van der Waals surface area contributed by atoms with Gasteiger partial charge in [0.15, 0.2) is 0 Å². The molecular formula is C29H38. The summed E-state index contributed by atoms with van der Waals surface area (Å²) in [4.78, 5) is 0. The van der Waals surface area contributed by atoms with Crippen LogP contribution in [0.4, 0.5) is 0 Å². The van der Waals surface area contributed by atoms with Gasteiger partial charge < -0.3 is 0 Å². The van der Waals surface area contributed by atoms with Crippen molar-refractivity contribution in [1.82, 2.24) is 0 Å². The van der Waals surface area contributed by atoms with Crippen molar-refractivity contribution in [2.24, 2.45) is 10.8 Å². The van der Waals surface area contributed by atoms with Gasteiger partial charge in [-0.05, 0) is 33.4 Å². The molecule has 0 aliphatic rings. The van der Waals surface area contributed by atoms with E-state index in [4.69, 9.17) is 0 Å². The maximum absolute atomic E-state index is 2.30. The molecule has 0 radical (unpaired) electrons. The third kappa shape index (κ3) is 6.89. The third-order valence-electron chi connectivity index (χ3n) is 5.73. The first-order chi connectivity index (χ1) is 13.6. The number of rotatable bonds is 3. The summed E-state index contributed by atoms with van der Waals surface area (Å²) >= 11 is 0. The average molecular weight is 387 g/mol. The van der Waals surface area contributed by atoms with E-state index < -0.39 is 0 Å². The van der Waals surface area contributed by atoms with Crippen LogP contribution in [0.15, 0.2) is 91.0 Å². The molecule has 3 rings (SSSR count). The highest BCUT2D eigenvalue weighted by atomic mass is 14.3. The van der Waals surface area contributed by atoms with Crippen LogP contribution in [0.2, 0.25) is 0 Å². The van der Waals surface area contributed by atoms with Gasteiger partial charge in [-0.3, -0.25) is 0 Å². The van der Waals surface area contributed by atoms with Gasteiger partial charge in [-0.1, -0.05) is 139 Å². The molecule has 0 heteroatoms. The molecule has 0 aromatic heterocycles. The first-order valence-electron chi connectivity index (χ1n) is 10.8. The molecule has 0 spiro atoms. The largest absolute Gasteiger partial charge is 0.0622 e. The Labute approximate surface area is 179 Å². The summed E-state index contributed by atoms with van der Waals surface area (Å²) in [7, 11) is 0. The van der Waals surface area contributed by atoms with E-state index >= 15 is 0 Å². The molecule has 154 valence electrons. The number of benzene rings is 3. The zero-order chi connectivity index (χ0) is 21.5. The molecule has 1 unspecified atom stereocenters. The smallest absolute Gasteiger partial charge is 0.0138 e. The molecule has 0 nitrogen and oxygen atoms in total. The van der Waals surface area contributed by atoms with Gasteiger partial charge in [-0.2, -0.15) is 0 Å². The zero-order valence-corrected chi connectivity index (χ0v) is 19.3. The Morgan fingerprint density at radius 3 is 1.03 bits per heavy atom. The highest BCUT2D eigenvalue weighted by Gasteiger charge is 2.27. The van der Waals surface area contributed by atoms with Crippen LogP contribution >= 0.6 is 0 Å². The highest BCUT2D eigenvalue weighted by molar-refractivity contribution is 5.34. The van der Waals surface area contributed by atoms with E-state index in [0.29, 0.717) is 17.3 Å². The molecule has 3 aromatic carbocycles. The van der Waals surface area contributed by atoms with Gasteiger partial charge in [0.05, 0.1) is 0 Å². The van der Waals surface area contributed by atoms with Crippen LogP contribution in [0.3, 0.4) is 0 Å². The van der Waals surface area contributed by atoms with E-state index in [2.05, 4.69) is 139 Å². The van der Waals surface area contributed by atoms with E-state index in [1.807, 2.05) is 0 Å². The highest BCUT2D eigenvalue weighted by Crippen LogP contribution is 2.40. The second kappa shape index (κ2) is 9.92. The summed E-state index contributed by atoms with van der Waals surface area (Å²) < 4.78 is 0. The first kappa shape index (κ1) is 22.9. The van der Waals surface area contributed by atoms with Crippen LogP contribution in [0.1, 0.15) is 77.0 Å². The normalized spacial score (nSPS) is 12.8. The molecule has 29 heavy (non-hydrogen) atoms. The first-order valence-corrected chi connectivity index (χ1v) is 10.8. The lowest BCUT2D eigenvalue weighted by atomic mass is 9.73. The van der Waals surface area contributed by atoms with Crippen molar-refractivity contribution >= 4 is 0 Å². The minimum Gasteiger partial charge on any atom is -0.0622 e. The fourth-order valence-corrected chi connectivity index (χ4v) is 3.73. The lowest BCUT2D eigenvalue weighted by Crippen LogP contribution is -2.19. The Hall–Kier alpha value is -2.34. The second-order valence-corrected chi connectivity index (χ2v) is 10.1. The number of hydrogen-bond acceptors (Lipinski definition) is 0. The topological polar surface area (TPSA) is 0 Å². The van der Waals surface area contributed by atoms with Crippen molar-refractivity contribution in [1.29, 1.82) is 0 Å². The van der Waals surface area contributed by atoms with Crippen molar-refractivity contribution in [3.05, 3.63) is 108 Å².